The van der Waals surface area contributed by atoms with E-state index in [4.69, 9.17) is 13.7 Å². The van der Waals surface area contributed by atoms with Crippen molar-refractivity contribution in [3.63, 3.8) is 0 Å². The molecular weight excluding hydrogens is 713 g/mol. The van der Waals surface area contributed by atoms with E-state index in [1.807, 2.05) is 0 Å². The lowest BCUT2D eigenvalue weighted by molar-refractivity contribution is -0.158. The molecule has 0 radical (unpaired) electrons. The van der Waals surface area contributed by atoms with Crippen LogP contribution in [0.15, 0.2) is 24.3 Å². The summed E-state index contributed by atoms with van der Waals surface area (Å²) in [7, 11) is -4.04. The number of hydrogen-bond acceptors (Lipinski definition) is 8. The zero-order valence-corrected chi connectivity index (χ0v) is 36.4. The molecule has 0 aliphatic carbocycles. The molecule has 0 spiro atoms. The molecule has 0 aromatic rings. The first-order chi connectivity index (χ1) is 26.9. The molecule has 0 saturated carbocycles. The first-order valence-corrected chi connectivity index (χ1v) is 24.3. The van der Waals surface area contributed by atoms with Gasteiger partial charge < -0.3 is 14.4 Å². The summed E-state index contributed by atoms with van der Waals surface area (Å²) in [5.74, 6) is -0.772. The van der Waals surface area contributed by atoms with Gasteiger partial charge in [0.25, 0.3) is 0 Å². The number of carbonyl (C=O) groups excluding carboxylic acids is 2. The van der Waals surface area contributed by atoms with E-state index in [2.05, 4.69) is 47.8 Å². The minimum Gasteiger partial charge on any atom is -0.462 e. The molecule has 1 atom stereocenters. The van der Waals surface area contributed by atoms with Crippen LogP contribution in [0.3, 0.4) is 0 Å². The van der Waals surface area contributed by atoms with Gasteiger partial charge in [-0.15, -0.1) is 0 Å². The number of nitrogens with one attached hydrogen (secondary N) is 1. The quantitative estimate of drug-likeness (QED) is 0.0371. The fourth-order valence-electron chi connectivity index (χ4n) is 6.84. The van der Waals surface area contributed by atoms with E-state index in [0.29, 0.717) is 19.4 Å². The Balaban J connectivity index is 2.29. The molecule has 0 amide bonds. The van der Waals surface area contributed by atoms with Crippen molar-refractivity contribution in [2.45, 2.75) is 213 Å². The number of esters is 2. The van der Waals surface area contributed by atoms with Gasteiger partial charge in [0.2, 0.25) is 0 Å². The fraction of sp³-hybridized carbons (Fsp3) is 0.867. The van der Waals surface area contributed by atoms with E-state index in [-0.39, 0.29) is 32.1 Å². The highest BCUT2D eigenvalue weighted by Gasteiger charge is 2.21. The second-order valence-corrected chi connectivity index (χ2v) is 17.1. The van der Waals surface area contributed by atoms with Gasteiger partial charge in [-0.25, -0.2) is 0 Å². The molecule has 1 fully saturated rings. The van der Waals surface area contributed by atoms with Crippen LogP contribution < -0.4 is 4.72 Å². The number of likely N-dealkylation sites (tertiary alicyclic amines) is 1. The van der Waals surface area contributed by atoms with E-state index in [0.717, 1.165) is 90.1 Å². The van der Waals surface area contributed by atoms with E-state index in [1.54, 1.807) is 0 Å². The van der Waals surface area contributed by atoms with Crippen LogP contribution in [0, 0.1) is 0 Å². The lowest BCUT2D eigenvalue weighted by Gasteiger charge is -2.19. The summed E-state index contributed by atoms with van der Waals surface area (Å²) in [5, 5.41) is 0. The fourth-order valence-corrected chi connectivity index (χ4v) is 7.60. The lowest BCUT2D eigenvalue weighted by atomic mass is 10.1. The molecule has 10 heteroatoms. The maximum absolute atomic E-state index is 12.7. The predicted molar refractivity (Wildman–Crippen MR) is 228 cm³/mol. The Morgan fingerprint density at radius 1 is 0.600 bits per heavy atom. The standard InChI is InChI=1S/C45H84N2O7S/c1-3-5-7-9-11-13-15-17-19-21-23-25-27-29-31-35-44(48)52-42-43(41-46-55(50,51)53-40-39-47-37-33-34-38-47)54-45(49)36-32-30-28-26-24-22-20-18-16-14-12-10-8-6-4-2/h17-20,43,46H,3-16,21-42H2,1-2H3/b19-17-,20-18-. The molecule has 1 aliphatic heterocycles. The zero-order valence-electron chi connectivity index (χ0n) is 35.6. The second-order valence-electron chi connectivity index (χ2n) is 15.6. The van der Waals surface area contributed by atoms with Crippen molar-refractivity contribution in [1.82, 2.24) is 9.62 Å². The van der Waals surface area contributed by atoms with Crippen molar-refractivity contribution < 1.29 is 31.7 Å². The maximum atomic E-state index is 12.7. The number of ether oxygens (including phenoxy) is 2. The molecule has 322 valence electrons. The van der Waals surface area contributed by atoms with E-state index < -0.39 is 22.4 Å². The van der Waals surface area contributed by atoms with Gasteiger partial charge in [0.05, 0.1) is 13.2 Å². The molecule has 55 heavy (non-hydrogen) atoms. The summed E-state index contributed by atoms with van der Waals surface area (Å²) >= 11 is 0. The summed E-state index contributed by atoms with van der Waals surface area (Å²) < 4.78 is 43.6. The summed E-state index contributed by atoms with van der Waals surface area (Å²) in [4.78, 5) is 27.4. The van der Waals surface area contributed by atoms with Crippen molar-refractivity contribution in [1.29, 1.82) is 0 Å². The third-order valence-corrected chi connectivity index (χ3v) is 11.3. The molecule has 1 saturated heterocycles. The highest BCUT2D eigenvalue weighted by Crippen LogP contribution is 2.13. The average molecular weight is 797 g/mol. The molecule has 0 aromatic heterocycles. The van der Waals surface area contributed by atoms with Gasteiger partial charge in [-0.1, -0.05) is 141 Å². The van der Waals surface area contributed by atoms with Gasteiger partial charge in [0.1, 0.15) is 12.7 Å². The van der Waals surface area contributed by atoms with Crippen LogP contribution in [0.25, 0.3) is 0 Å². The van der Waals surface area contributed by atoms with Crippen LogP contribution >= 0.6 is 0 Å². The largest absolute Gasteiger partial charge is 0.462 e. The van der Waals surface area contributed by atoms with Crippen LogP contribution in [-0.2, 0) is 33.6 Å². The molecule has 1 N–H and O–H groups in total. The van der Waals surface area contributed by atoms with Crippen LogP contribution in [0.4, 0.5) is 0 Å². The van der Waals surface area contributed by atoms with Crippen molar-refractivity contribution in [2.75, 3.05) is 39.4 Å². The summed E-state index contributed by atoms with van der Waals surface area (Å²) in [6.07, 6.45) is 41.8. The van der Waals surface area contributed by atoms with Crippen LogP contribution in [-0.4, -0.2) is 70.8 Å². The van der Waals surface area contributed by atoms with Gasteiger partial charge in [0, 0.05) is 19.4 Å². The molecule has 1 aliphatic rings. The van der Waals surface area contributed by atoms with Crippen LogP contribution in [0.1, 0.15) is 206 Å². The summed E-state index contributed by atoms with van der Waals surface area (Å²) in [6.45, 7) is 6.60. The highest BCUT2D eigenvalue weighted by atomic mass is 32.2. The van der Waals surface area contributed by atoms with E-state index >= 15 is 0 Å². The number of unbranched alkanes of at least 4 members (excludes halogenated alkanes) is 22. The van der Waals surface area contributed by atoms with Crippen molar-refractivity contribution in [2.24, 2.45) is 0 Å². The van der Waals surface area contributed by atoms with Gasteiger partial charge >= 0.3 is 22.2 Å². The van der Waals surface area contributed by atoms with Crippen LogP contribution in [0.2, 0.25) is 0 Å². The minimum absolute atomic E-state index is 0.0558. The molecule has 1 heterocycles. The van der Waals surface area contributed by atoms with Gasteiger partial charge in [-0.2, -0.15) is 13.1 Å². The number of allylic oxidation sites excluding steroid dienone is 4. The molecule has 9 nitrogen and oxygen atoms in total. The molecule has 0 bridgehead atoms. The number of hydrogen-bond donors (Lipinski definition) is 1. The SMILES string of the molecule is CCCCCCCC/C=C\CCCCCCCC(=O)OCC(CNS(=O)(=O)OCCN1CCCC1)OC(=O)CCCCCCC/C=C\CCCCCCCC. The monoisotopic (exact) mass is 797 g/mol. The van der Waals surface area contributed by atoms with Crippen molar-refractivity contribution in [3.05, 3.63) is 24.3 Å². The van der Waals surface area contributed by atoms with Crippen molar-refractivity contribution >= 4 is 22.2 Å². The maximum Gasteiger partial charge on any atom is 0.336 e. The lowest BCUT2D eigenvalue weighted by Crippen LogP contribution is -2.39. The predicted octanol–water partition coefficient (Wildman–Crippen LogP) is 11.5. The van der Waals surface area contributed by atoms with E-state index in [9.17, 15) is 18.0 Å². The molecule has 1 rings (SSSR count). The number of nitrogens with zero attached hydrogens (tertiary/aromatic N) is 1. The van der Waals surface area contributed by atoms with Gasteiger partial charge in [0.15, 0.2) is 0 Å². The Bertz CT molecular complexity index is 1060. The Labute approximate surface area is 338 Å². The molecule has 1 unspecified atom stereocenters. The number of carbonyl (C=O) groups is 2. The first kappa shape index (κ1) is 51.3. The van der Waals surface area contributed by atoms with Gasteiger partial charge in [-0.05, 0) is 90.1 Å². The Hall–Kier alpha value is -1.75. The topological polar surface area (TPSA) is 111 Å². The molecular formula is C45H84N2O7S. The Morgan fingerprint density at radius 2 is 1.02 bits per heavy atom. The van der Waals surface area contributed by atoms with Crippen molar-refractivity contribution in [3.8, 4) is 0 Å². The smallest absolute Gasteiger partial charge is 0.336 e. The van der Waals surface area contributed by atoms with Crippen LogP contribution in [0.5, 0.6) is 0 Å². The Morgan fingerprint density at radius 3 is 1.49 bits per heavy atom. The van der Waals surface area contributed by atoms with E-state index in [1.165, 1.54) is 96.3 Å². The Kier molecular flexibility index (Phi) is 35.2. The van der Waals surface area contributed by atoms with Gasteiger partial charge in [-0.3, -0.25) is 13.8 Å². The average Bonchev–Trinajstić information content (AvgIpc) is 3.69. The third kappa shape index (κ3) is 35.2. The summed E-state index contributed by atoms with van der Waals surface area (Å²) in [5.41, 5.74) is 0. The first-order valence-electron chi connectivity index (χ1n) is 22.9. The number of rotatable bonds is 40. The molecule has 0 aromatic carbocycles. The minimum atomic E-state index is -4.04. The normalized spacial score (nSPS) is 14.4. The second kappa shape index (κ2) is 37.8. The third-order valence-electron chi connectivity index (χ3n) is 10.3. The summed E-state index contributed by atoms with van der Waals surface area (Å²) in [6, 6.07) is 0. The highest BCUT2D eigenvalue weighted by molar-refractivity contribution is 7.84. The zero-order chi connectivity index (χ0) is 39.9.